The molecule has 3 aromatic rings. The van der Waals surface area contributed by atoms with E-state index in [9.17, 15) is 0 Å². The summed E-state index contributed by atoms with van der Waals surface area (Å²) in [4.78, 5) is 8.84. The number of likely N-dealkylation sites (N-methyl/N-ethyl adjacent to an activating group) is 1. The van der Waals surface area contributed by atoms with E-state index in [-0.39, 0.29) is 0 Å². The van der Waals surface area contributed by atoms with Gasteiger partial charge < -0.3 is 4.90 Å². The molecular weight excluding hydrogens is 358 g/mol. The van der Waals surface area contributed by atoms with Gasteiger partial charge in [0.15, 0.2) is 5.82 Å². The van der Waals surface area contributed by atoms with E-state index in [1.807, 2.05) is 42.6 Å². The van der Waals surface area contributed by atoms with Gasteiger partial charge in [0.05, 0.1) is 5.69 Å². The summed E-state index contributed by atoms with van der Waals surface area (Å²) in [6, 6.07) is 18.6. The second-order valence-electron chi connectivity index (χ2n) is 6.94. The van der Waals surface area contributed by atoms with Crippen LogP contribution in [-0.2, 0) is 6.54 Å². The van der Waals surface area contributed by atoms with E-state index in [1.54, 1.807) is 0 Å². The molecule has 5 nitrogen and oxygen atoms in total. The molecule has 1 saturated heterocycles. The SMILES string of the molecule is CN(Cc1ccc(Cl)nc1)C1CCN(c2ccc(-c3ccccc3)nn2)C1. The fourth-order valence-electron chi connectivity index (χ4n) is 3.48. The van der Waals surface area contributed by atoms with Gasteiger partial charge in [0.2, 0.25) is 0 Å². The maximum Gasteiger partial charge on any atom is 0.151 e. The Morgan fingerprint density at radius 2 is 1.93 bits per heavy atom. The highest BCUT2D eigenvalue weighted by molar-refractivity contribution is 6.29. The van der Waals surface area contributed by atoms with Crippen LogP contribution in [0.3, 0.4) is 0 Å². The minimum Gasteiger partial charge on any atom is -0.354 e. The zero-order valence-electron chi connectivity index (χ0n) is 15.3. The van der Waals surface area contributed by atoms with Crippen molar-refractivity contribution in [1.82, 2.24) is 20.1 Å². The first-order valence-electron chi connectivity index (χ1n) is 9.14. The first kappa shape index (κ1) is 17.9. The Labute approximate surface area is 164 Å². The van der Waals surface area contributed by atoms with Crippen molar-refractivity contribution < 1.29 is 0 Å². The minimum atomic E-state index is 0.483. The van der Waals surface area contributed by atoms with Crippen LogP contribution in [0.15, 0.2) is 60.8 Å². The van der Waals surface area contributed by atoms with Gasteiger partial charge in [0.1, 0.15) is 5.15 Å². The van der Waals surface area contributed by atoms with Crippen molar-refractivity contribution in [3.63, 3.8) is 0 Å². The van der Waals surface area contributed by atoms with Gasteiger partial charge in [0, 0.05) is 37.4 Å². The predicted octanol–water partition coefficient (Wildman–Crippen LogP) is 3.90. The largest absolute Gasteiger partial charge is 0.354 e. The van der Waals surface area contributed by atoms with Gasteiger partial charge in [-0.05, 0) is 37.2 Å². The molecule has 1 aliphatic heterocycles. The van der Waals surface area contributed by atoms with Crippen molar-refractivity contribution in [2.75, 3.05) is 25.0 Å². The number of halogens is 1. The summed E-state index contributed by atoms with van der Waals surface area (Å²) in [5.41, 5.74) is 3.17. The lowest BCUT2D eigenvalue weighted by Crippen LogP contribution is -2.34. The summed E-state index contributed by atoms with van der Waals surface area (Å²) in [6.07, 6.45) is 2.96. The Hall–Kier alpha value is -2.50. The van der Waals surface area contributed by atoms with Crippen molar-refractivity contribution in [3.8, 4) is 11.3 Å². The van der Waals surface area contributed by atoms with Crippen LogP contribution in [0.4, 0.5) is 5.82 Å². The third-order valence-electron chi connectivity index (χ3n) is 5.05. The molecule has 0 amide bonds. The number of hydrogen-bond acceptors (Lipinski definition) is 5. The van der Waals surface area contributed by atoms with Crippen LogP contribution in [0.1, 0.15) is 12.0 Å². The Kier molecular flexibility index (Phi) is 5.32. The lowest BCUT2D eigenvalue weighted by atomic mass is 10.1. The van der Waals surface area contributed by atoms with E-state index in [2.05, 4.69) is 50.2 Å². The zero-order chi connectivity index (χ0) is 18.6. The molecule has 0 saturated carbocycles. The van der Waals surface area contributed by atoms with Crippen molar-refractivity contribution in [3.05, 3.63) is 71.5 Å². The zero-order valence-corrected chi connectivity index (χ0v) is 16.0. The summed E-state index contributed by atoms with van der Waals surface area (Å²) < 4.78 is 0. The molecule has 1 aliphatic rings. The average molecular weight is 380 g/mol. The Morgan fingerprint density at radius 1 is 1.07 bits per heavy atom. The van der Waals surface area contributed by atoms with Crippen LogP contribution < -0.4 is 4.90 Å². The molecule has 4 rings (SSSR count). The number of anilines is 1. The second kappa shape index (κ2) is 8.03. The van der Waals surface area contributed by atoms with Gasteiger partial charge in [-0.1, -0.05) is 48.0 Å². The standard InChI is InChI=1S/C21H22ClN5/c1-26(14-16-7-9-20(22)23-13-16)18-11-12-27(15-18)21-10-8-19(24-25-21)17-5-3-2-4-6-17/h2-10,13,18H,11-12,14-15H2,1H3. The van der Waals surface area contributed by atoms with Crippen LogP contribution in [-0.4, -0.2) is 46.3 Å². The molecule has 0 aliphatic carbocycles. The molecule has 138 valence electrons. The second-order valence-corrected chi connectivity index (χ2v) is 7.32. The third kappa shape index (κ3) is 4.26. The Bertz CT molecular complexity index is 867. The van der Waals surface area contributed by atoms with E-state index in [4.69, 9.17) is 11.6 Å². The average Bonchev–Trinajstić information content (AvgIpc) is 3.21. The number of pyridine rings is 1. The molecule has 1 atom stereocenters. The smallest absolute Gasteiger partial charge is 0.151 e. The van der Waals surface area contributed by atoms with E-state index >= 15 is 0 Å². The number of hydrogen-bond donors (Lipinski definition) is 0. The number of nitrogens with zero attached hydrogens (tertiary/aromatic N) is 5. The fourth-order valence-corrected chi connectivity index (χ4v) is 3.60. The lowest BCUT2D eigenvalue weighted by molar-refractivity contribution is 0.250. The fraction of sp³-hybridized carbons (Fsp3) is 0.286. The van der Waals surface area contributed by atoms with Crippen molar-refractivity contribution >= 4 is 17.4 Å². The van der Waals surface area contributed by atoms with Gasteiger partial charge in [-0.15, -0.1) is 10.2 Å². The topological polar surface area (TPSA) is 45.2 Å². The summed E-state index contributed by atoms with van der Waals surface area (Å²) in [6.45, 7) is 2.81. The number of aromatic nitrogens is 3. The van der Waals surface area contributed by atoms with E-state index in [0.29, 0.717) is 11.2 Å². The van der Waals surface area contributed by atoms with Crippen LogP contribution in [0, 0.1) is 0 Å². The molecule has 2 aromatic heterocycles. The summed E-state index contributed by atoms with van der Waals surface area (Å²) in [5, 5.41) is 9.40. The number of rotatable bonds is 5. The minimum absolute atomic E-state index is 0.483. The van der Waals surface area contributed by atoms with Crippen LogP contribution in [0.2, 0.25) is 5.15 Å². The molecule has 1 unspecified atom stereocenters. The lowest BCUT2D eigenvalue weighted by Gasteiger charge is -2.24. The molecule has 0 N–H and O–H groups in total. The van der Waals surface area contributed by atoms with Gasteiger partial charge in [-0.25, -0.2) is 4.98 Å². The van der Waals surface area contributed by atoms with Gasteiger partial charge in [-0.3, -0.25) is 4.90 Å². The first-order valence-corrected chi connectivity index (χ1v) is 9.51. The molecular formula is C21H22ClN5. The highest BCUT2D eigenvalue weighted by Gasteiger charge is 2.26. The quantitative estimate of drug-likeness (QED) is 0.629. The molecule has 27 heavy (non-hydrogen) atoms. The summed E-state index contributed by atoms with van der Waals surface area (Å²) >= 11 is 5.87. The summed E-state index contributed by atoms with van der Waals surface area (Å²) in [7, 11) is 2.16. The van der Waals surface area contributed by atoms with Gasteiger partial charge in [-0.2, -0.15) is 0 Å². The highest BCUT2D eigenvalue weighted by Crippen LogP contribution is 2.23. The van der Waals surface area contributed by atoms with Gasteiger partial charge >= 0.3 is 0 Å². The van der Waals surface area contributed by atoms with Crippen molar-refractivity contribution in [2.24, 2.45) is 0 Å². The van der Waals surface area contributed by atoms with Crippen molar-refractivity contribution in [1.29, 1.82) is 0 Å². The molecule has 1 aromatic carbocycles. The molecule has 0 bridgehead atoms. The molecule has 0 radical (unpaired) electrons. The van der Waals surface area contributed by atoms with Crippen molar-refractivity contribution in [2.45, 2.75) is 19.0 Å². The molecule has 3 heterocycles. The maximum atomic E-state index is 5.87. The van der Waals surface area contributed by atoms with Crippen LogP contribution in [0.25, 0.3) is 11.3 Å². The molecule has 1 fully saturated rings. The Balaban J connectivity index is 1.38. The third-order valence-corrected chi connectivity index (χ3v) is 5.27. The maximum absolute atomic E-state index is 5.87. The van der Waals surface area contributed by atoms with E-state index in [0.717, 1.165) is 43.1 Å². The summed E-state index contributed by atoms with van der Waals surface area (Å²) in [5.74, 6) is 0.943. The first-order chi connectivity index (χ1) is 13.2. The van der Waals surface area contributed by atoms with Crippen LogP contribution >= 0.6 is 11.6 Å². The normalized spacial score (nSPS) is 16.9. The van der Waals surface area contributed by atoms with E-state index in [1.165, 1.54) is 5.56 Å². The van der Waals surface area contributed by atoms with Crippen LogP contribution in [0.5, 0.6) is 0 Å². The van der Waals surface area contributed by atoms with Gasteiger partial charge in [0.25, 0.3) is 0 Å². The molecule has 0 spiro atoms. The Morgan fingerprint density at radius 3 is 2.63 bits per heavy atom. The predicted molar refractivity (Wildman–Crippen MR) is 109 cm³/mol. The molecule has 6 heteroatoms. The highest BCUT2D eigenvalue weighted by atomic mass is 35.5. The number of benzene rings is 1. The van der Waals surface area contributed by atoms with E-state index < -0.39 is 0 Å². The monoisotopic (exact) mass is 379 g/mol.